The molecule has 0 atom stereocenters. The van der Waals surface area contributed by atoms with Gasteiger partial charge in [-0.1, -0.05) is 24.3 Å². The molecule has 146 valence electrons. The Kier molecular flexibility index (Phi) is 5.29. The average Bonchev–Trinajstić information content (AvgIpc) is 3.16. The van der Waals surface area contributed by atoms with Crippen molar-refractivity contribution in [2.24, 2.45) is 0 Å². The van der Waals surface area contributed by atoms with Crippen LogP contribution in [0.15, 0.2) is 66.9 Å². The Morgan fingerprint density at radius 3 is 2.79 bits per heavy atom. The van der Waals surface area contributed by atoms with Crippen molar-refractivity contribution < 1.29 is 9.53 Å². The van der Waals surface area contributed by atoms with Gasteiger partial charge < -0.3 is 15.0 Å². The molecule has 5 heteroatoms. The summed E-state index contributed by atoms with van der Waals surface area (Å²) in [6.45, 7) is 4.94. The molecule has 29 heavy (non-hydrogen) atoms. The van der Waals surface area contributed by atoms with Crippen molar-refractivity contribution in [2.75, 3.05) is 0 Å². The first-order valence-electron chi connectivity index (χ1n) is 9.58. The van der Waals surface area contributed by atoms with Crippen LogP contribution in [0.1, 0.15) is 32.9 Å². The lowest BCUT2D eigenvalue weighted by molar-refractivity contribution is 0.0946. The number of aromatic nitrogens is 2. The van der Waals surface area contributed by atoms with E-state index in [1.54, 1.807) is 6.20 Å². The van der Waals surface area contributed by atoms with Gasteiger partial charge >= 0.3 is 0 Å². The summed E-state index contributed by atoms with van der Waals surface area (Å²) < 4.78 is 5.81. The number of amides is 1. The van der Waals surface area contributed by atoms with Crippen LogP contribution in [0.3, 0.4) is 0 Å². The van der Waals surface area contributed by atoms with E-state index in [-0.39, 0.29) is 5.91 Å². The Balaban J connectivity index is 1.40. The number of fused-ring (bicyclic) bond motifs is 1. The van der Waals surface area contributed by atoms with Gasteiger partial charge in [-0.3, -0.25) is 9.78 Å². The molecular formula is C24H23N3O2. The van der Waals surface area contributed by atoms with E-state index in [1.165, 1.54) is 5.56 Å². The van der Waals surface area contributed by atoms with Gasteiger partial charge in [0.05, 0.1) is 5.69 Å². The molecule has 2 aromatic carbocycles. The molecule has 0 saturated carbocycles. The third-order valence-corrected chi connectivity index (χ3v) is 4.80. The minimum atomic E-state index is -0.127. The van der Waals surface area contributed by atoms with Gasteiger partial charge in [0.15, 0.2) is 0 Å². The van der Waals surface area contributed by atoms with Crippen molar-refractivity contribution >= 4 is 16.8 Å². The number of carbonyl (C=O) groups excluding carboxylic acids is 1. The van der Waals surface area contributed by atoms with Crippen LogP contribution in [-0.2, 0) is 13.2 Å². The van der Waals surface area contributed by atoms with E-state index in [9.17, 15) is 4.79 Å². The number of hydrogen-bond donors (Lipinski definition) is 2. The lowest BCUT2D eigenvalue weighted by atomic mass is 10.1. The molecule has 0 aliphatic heterocycles. The van der Waals surface area contributed by atoms with Gasteiger partial charge in [-0.2, -0.15) is 0 Å². The highest BCUT2D eigenvalue weighted by atomic mass is 16.5. The lowest BCUT2D eigenvalue weighted by Crippen LogP contribution is -2.23. The Morgan fingerprint density at radius 2 is 1.97 bits per heavy atom. The van der Waals surface area contributed by atoms with Gasteiger partial charge in [0.25, 0.3) is 5.91 Å². The van der Waals surface area contributed by atoms with E-state index in [1.807, 2.05) is 48.5 Å². The molecule has 0 aliphatic rings. The van der Waals surface area contributed by atoms with Crippen LogP contribution >= 0.6 is 0 Å². The van der Waals surface area contributed by atoms with Crippen LogP contribution < -0.4 is 10.1 Å². The fourth-order valence-electron chi connectivity index (χ4n) is 3.39. The van der Waals surface area contributed by atoms with E-state index in [4.69, 9.17) is 4.74 Å². The highest BCUT2D eigenvalue weighted by Gasteiger charge is 2.11. The predicted molar refractivity (Wildman–Crippen MR) is 114 cm³/mol. The second-order valence-corrected chi connectivity index (χ2v) is 7.17. The fraction of sp³-hybridized carbons (Fsp3) is 0.167. The van der Waals surface area contributed by atoms with Crippen molar-refractivity contribution in [1.29, 1.82) is 0 Å². The third kappa shape index (κ3) is 4.46. The van der Waals surface area contributed by atoms with Crippen LogP contribution in [0.5, 0.6) is 5.75 Å². The van der Waals surface area contributed by atoms with Crippen molar-refractivity contribution in [3.63, 3.8) is 0 Å². The van der Waals surface area contributed by atoms with Gasteiger partial charge in [0, 0.05) is 23.6 Å². The number of ether oxygens (including phenoxy) is 1. The summed E-state index contributed by atoms with van der Waals surface area (Å²) in [5.74, 6) is 0.622. The van der Waals surface area contributed by atoms with E-state index < -0.39 is 0 Å². The zero-order chi connectivity index (χ0) is 20.2. The summed E-state index contributed by atoms with van der Waals surface area (Å²) in [5.41, 5.74) is 5.73. The van der Waals surface area contributed by atoms with Crippen LogP contribution in [0.4, 0.5) is 0 Å². The Labute approximate surface area is 169 Å². The summed E-state index contributed by atoms with van der Waals surface area (Å²) in [5, 5.41) is 4.05. The second kappa shape index (κ2) is 8.19. The number of H-pyrrole nitrogens is 1. The van der Waals surface area contributed by atoms with Gasteiger partial charge in [0.2, 0.25) is 0 Å². The number of benzene rings is 2. The Bertz CT molecular complexity index is 1150. The lowest BCUT2D eigenvalue weighted by Gasteiger charge is -2.08. The first kappa shape index (κ1) is 18.7. The molecule has 0 radical (unpaired) electrons. The molecule has 1 amide bonds. The quantitative estimate of drug-likeness (QED) is 0.506. The van der Waals surface area contributed by atoms with Gasteiger partial charge in [-0.15, -0.1) is 0 Å². The summed E-state index contributed by atoms with van der Waals surface area (Å²) in [6, 6.07) is 19.5. The molecule has 0 unspecified atom stereocenters. The van der Waals surface area contributed by atoms with Crippen molar-refractivity contribution in [2.45, 2.75) is 27.0 Å². The van der Waals surface area contributed by atoms with Crippen molar-refractivity contribution in [1.82, 2.24) is 15.3 Å². The predicted octanol–water partition coefficient (Wildman–Crippen LogP) is 4.69. The minimum absolute atomic E-state index is 0.127. The SMILES string of the molecule is Cc1cc(C)c2cc(C(=O)NCc3cccc(OCc4ccccn4)c3)[nH]c2c1. The van der Waals surface area contributed by atoms with Crippen LogP contribution in [0.2, 0.25) is 0 Å². The normalized spacial score (nSPS) is 10.8. The van der Waals surface area contributed by atoms with Crippen molar-refractivity contribution in [3.05, 3.63) is 94.9 Å². The van der Waals surface area contributed by atoms with Gasteiger partial charge in [-0.25, -0.2) is 0 Å². The number of rotatable bonds is 6. The van der Waals surface area contributed by atoms with E-state index in [2.05, 4.69) is 41.3 Å². The molecule has 4 aromatic rings. The van der Waals surface area contributed by atoms with Crippen molar-refractivity contribution in [3.8, 4) is 5.75 Å². The fourth-order valence-corrected chi connectivity index (χ4v) is 3.39. The van der Waals surface area contributed by atoms with Crippen LogP contribution in [0.25, 0.3) is 10.9 Å². The Morgan fingerprint density at radius 1 is 1.07 bits per heavy atom. The number of aromatic amines is 1. The van der Waals surface area contributed by atoms with Gasteiger partial charge in [-0.05, 0) is 66.9 Å². The summed E-state index contributed by atoms with van der Waals surface area (Å²) in [7, 11) is 0. The number of nitrogens with zero attached hydrogens (tertiary/aromatic N) is 1. The summed E-state index contributed by atoms with van der Waals surface area (Å²) in [6.07, 6.45) is 1.75. The van der Waals surface area contributed by atoms with E-state index >= 15 is 0 Å². The maximum Gasteiger partial charge on any atom is 0.267 e. The first-order valence-corrected chi connectivity index (χ1v) is 9.58. The average molecular weight is 385 g/mol. The molecule has 2 heterocycles. The standard InChI is InChI=1S/C24H23N3O2/c1-16-10-17(2)21-13-23(27-22(21)11-16)24(28)26-14-18-6-5-8-20(12-18)29-15-19-7-3-4-9-25-19/h3-13,27H,14-15H2,1-2H3,(H,26,28). The maximum absolute atomic E-state index is 12.6. The number of hydrogen-bond acceptors (Lipinski definition) is 3. The zero-order valence-corrected chi connectivity index (χ0v) is 16.5. The largest absolute Gasteiger partial charge is 0.487 e. The molecule has 2 aromatic heterocycles. The Hall–Kier alpha value is -3.60. The molecule has 5 nitrogen and oxygen atoms in total. The van der Waals surface area contributed by atoms with E-state index in [0.717, 1.165) is 33.5 Å². The van der Waals surface area contributed by atoms with E-state index in [0.29, 0.717) is 18.8 Å². The molecule has 0 aliphatic carbocycles. The molecule has 4 rings (SSSR count). The number of nitrogens with one attached hydrogen (secondary N) is 2. The molecule has 0 bridgehead atoms. The van der Waals surface area contributed by atoms with Gasteiger partial charge in [0.1, 0.15) is 18.1 Å². The van der Waals surface area contributed by atoms with Crippen LogP contribution in [0, 0.1) is 13.8 Å². The smallest absolute Gasteiger partial charge is 0.267 e. The minimum Gasteiger partial charge on any atom is -0.487 e. The number of aryl methyl sites for hydroxylation is 2. The monoisotopic (exact) mass is 385 g/mol. The number of carbonyl (C=O) groups is 1. The first-order chi connectivity index (χ1) is 14.1. The molecule has 2 N–H and O–H groups in total. The molecule has 0 saturated heterocycles. The molecular weight excluding hydrogens is 362 g/mol. The molecule has 0 spiro atoms. The highest BCUT2D eigenvalue weighted by Crippen LogP contribution is 2.21. The topological polar surface area (TPSA) is 67.0 Å². The second-order valence-electron chi connectivity index (χ2n) is 7.17. The number of pyridine rings is 1. The molecule has 0 fully saturated rings. The summed E-state index contributed by atoms with van der Waals surface area (Å²) in [4.78, 5) is 20.1. The van der Waals surface area contributed by atoms with Crippen LogP contribution in [-0.4, -0.2) is 15.9 Å². The summed E-state index contributed by atoms with van der Waals surface area (Å²) >= 11 is 0. The highest BCUT2D eigenvalue weighted by molar-refractivity contribution is 5.98. The third-order valence-electron chi connectivity index (χ3n) is 4.80. The maximum atomic E-state index is 12.6. The zero-order valence-electron chi connectivity index (χ0n) is 16.5.